The lowest BCUT2D eigenvalue weighted by Crippen LogP contribution is -2.40. The maximum atomic E-state index is 5.84. The summed E-state index contributed by atoms with van der Waals surface area (Å²) in [4.78, 5) is 10.6. The third kappa shape index (κ3) is 6.25. The van der Waals surface area contributed by atoms with E-state index in [0.29, 0.717) is 38.0 Å². The van der Waals surface area contributed by atoms with Crippen LogP contribution in [0, 0.1) is 6.92 Å². The monoisotopic (exact) mass is 375 g/mol. The summed E-state index contributed by atoms with van der Waals surface area (Å²) >= 11 is 0. The Morgan fingerprint density at radius 1 is 1.37 bits per heavy atom. The Balaban J connectivity index is 1.80. The Morgan fingerprint density at radius 2 is 2.15 bits per heavy atom. The Labute approximate surface area is 160 Å². The number of nitrogens with zero attached hydrogens (tertiary/aromatic N) is 4. The molecule has 0 aliphatic rings. The number of likely N-dealkylation sites (N-methyl/N-ethyl adjacent to an activating group) is 1. The van der Waals surface area contributed by atoms with E-state index in [1.54, 1.807) is 7.05 Å². The highest BCUT2D eigenvalue weighted by atomic mass is 16.5. The predicted octanol–water partition coefficient (Wildman–Crippen LogP) is 2.56. The third-order valence-corrected chi connectivity index (χ3v) is 4.01. The Kier molecular flexibility index (Phi) is 8.06. The standard InChI is InChI=1S/C19H29N5O3/c1-6-25-15(3)18-22-17(27-23-18)13-21-19(20-4)24(5)11-12-26-16-10-8-7-9-14(16)2/h7-10,15H,6,11-13H2,1-5H3,(H,20,21). The molecule has 2 rings (SSSR count). The number of rotatable bonds is 9. The van der Waals surface area contributed by atoms with Crippen molar-refractivity contribution >= 4 is 5.96 Å². The maximum absolute atomic E-state index is 5.84. The van der Waals surface area contributed by atoms with Gasteiger partial charge in [0, 0.05) is 20.7 Å². The average molecular weight is 375 g/mol. The van der Waals surface area contributed by atoms with Crippen molar-refractivity contribution in [3.8, 4) is 5.75 Å². The van der Waals surface area contributed by atoms with E-state index in [0.717, 1.165) is 17.3 Å². The first-order valence-corrected chi connectivity index (χ1v) is 9.09. The molecule has 0 aliphatic heterocycles. The topological polar surface area (TPSA) is 85.0 Å². The van der Waals surface area contributed by atoms with Crippen LogP contribution in [0.15, 0.2) is 33.8 Å². The van der Waals surface area contributed by atoms with Gasteiger partial charge in [0.15, 0.2) is 11.8 Å². The number of para-hydroxylation sites is 1. The number of hydrogen-bond acceptors (Lipinski definition) is 6. The second-order valence-corrected chi connectivity index (χ2v) is 6.08. The van der Waals surface area contributed by atoms with E-state index in [9.17, 15) is 0 Å². The van der Waals surface area contributed by atoms with Crippen LogP contribution < -0.4 is 10.1 Å². The first-order chi connectivity index (χ1) is 13.0. The van der Waals surface area contributed by atoms with Crippen molar-refractivity contribution in [2.45, 2.75) is 33.4 Å². The van der Waals surface area contributed by atoms with Crippen LogP contribution in [0.2, 0.25) is 0 Å². The lowest BCUT2D eigenvalue weighted by Gasteiger charge is -2.21. The normalized spacial score (nSPS) is 12.7. The largest absolute Gasteiger partial charge is 0.491 e. The molecule has 0 radical (unpaired) electrons. The van der Waals surface area contributed by atoms with E-state index in [4.69, 9.17) is 14.0 Å². The fourth-order valence-corrected chi connectivity index (χ4v) is 2.49. The highest BCUT2D eigenvalue weighted by molar-refractivity contribution is 5.79. The zero-order valence-corrected chi connectivity index (χ0v) is 16.7. The van der Waals surface area contributed by atoms with Gasteiger partial charge in [-0.2, -0.15) is 4.98 Å². The SMILES string of the molecule is CCOC(C)c1noc(CNC(=NC)N(C)CCOc2ccccc2C)n1. The molecule has 0 saturated heterocycles. The van der Waals surface area contributed by atoms with Gasteiger partial charge in [0.2, 0.25) is 5.89 Å². The highest BCUT2D eigenvalue weighted by Crippen LogP contribution is 2.16. The average Bonchev–Trinajstić information content (AvgIpc) is 3.13. The van der Waals surface area contributed by atoms with E-state index in [-0.39, 0.29) is 6.10 Å². The molecule has 1 N–H and O–H groups in total. The Bertz CT molecular complexity index is 732. The van der Waals surface area contributed by atoms with Gasteiger partial charge in [-0.05, 0) is 32.4 Å². The lowest BCUT2D eigenvalue weighted by molar-refractivity contribution is 0.0683. The van der Waals surface area contributed by atoms with Crippen LogP contribution in [0.4, 0.5) is 0 Å². The van der Waals surface area contributed by atoms with Gasteiger partial charge in [0.05, 0.1) is 13.1 Å². The second-order valence-electron chi connectivity index (χ2n) is 6.08. The molecule has 1 atom stereocenters. The predicted molar refractivity (Wildman–Crippen MR) is 104 cm³/mol. The number of aliphatic imine (C=N–C) groups is 1. The van der Waals surface area contributed by atoms with Gasteiger partial charge < -0.3 is 24.2 Å². The highest BCUT2D eigenvalue weighted by Gasteiger charge is 2.14. The van der Waals surface area contributed by atoms with Crippen molar-refractivity contribution in [1.82, 2.24) is 20.4 Å². The first-order valence-electron chi connectivity index (χ1n) is 9.09. The van der Waals surface area contributed by atoms with Crippen molar-refractivity contribution < 1.29 is 14.0 Å². The summed E-state index contributed by atoms with van der Waals surface area (Å²) in [5, 5.41) is 7.16. The van der Waals surface area contributed by atoms with Gasteiger partial charge in [-0.25, -0.2) is 0 Å². The van der Waals surface area contributed by atoms with Gasteiger partial charge in [0.25, 0.3) is 0 Å². The summed E-state index contributed by atoms with van der Waals surface area (Å²) in [6.07, 6.45) is -0.187. The zero-order valence-electron chi connectivity index (χ0n) is 16.7. The molecule has 8 heteroatoms. The number of aromatic nitrogens is 2. The number of nitrogens with one attached hydrogen (secondary N) is 1. The molecule has 1 unspecified atom stereocenters. The fourth-order valence-electron chi connectivity index (χ4n) is 2.49. The number of guanidine groups is 1. The lowest BCUT2D eigenvalue weighted by atomic mass is 10.2. The summed E-state index contributed by atoms with van der Waals surface area (Å²) in [6.45, 7) is 8.09. The summed E-state index contributed by atoms with van der Waals surface area (Å²) in [7, 11) is 3.68. The molecule has 0 saturated carbocycles. The summed E-state index contributed by atoms with van der Waals surface area (Å²) in [5.41, 5.74) is 1.12. The molecule has 0 fully saturated rings. The zero-order chi connectivity index (χ0) is 19.6. The molecule has 1 heterocycles. The summed E-state index contributed by atoms with van der Waals surface area (Å²) in [5.74, 6) is 2.66. The molecular formula is C19H29N5O3. The van der Waals surface area contributed by atoms with Gasteiger partial charge in [0.1, 0.15) is 18.5 Å². The smallest absolute Gasteiger partial charge is 0.246 e. The summed E-state index contributed by atoms with van der Waals surface area (Å²) in [6, 6.07) is 7.97. The first kappa shape index (κ1) is 20.7. The minimum atomic E-state index is -0.187. The minimum Gasteiger partial charge on any atom is -0.491 e. The summed E-state index contributed by atoms with van der Waals surface area (Å²) < 4.78 is 16.6. The fraction of sp³-hybridized carbons (Fsp3) is 0.526. The van der Waals surface area contributed by atoms with Crippen LogP contribution >= 0.6 is 0 Å². The molecule has 148 valence electrons. The van der Waals surface area contributed by atoms with Crippen molar-refractivity contribution in [3.05, 3.63) is 41.5 Å². The van der Waals surface area contributed by atoms with Gasteiger partial charge in [-0.1, -0.05) is 23.4 Å². The van der Waals surface area contributed by atoms with E-state index in [1.165, 1.54) is 0 Å². The molecule has 0 spiro atoms. The van der Waals surface area contributed by atoms with Crippen LogP contribution in [0.1, 0.15) is 37.2 Å². The molecule has 2 aromatic rings. The third-order valence-electron chi connectivity index (χ3n) is 4.01. The molecule has 1 aromatic heterocycles. The second kappa shape index (κ2) is 10.5. The van der Waals surface area contributed by atoms with Crippen molar-refractivity contribution in [3.63, 3.8) is 0 Å². The molecule has 0 amide bonds. The van der Waals surface area contributed by atoms with E-state index in [2.05, 4.69) is 20.4 Å². The van der Waals surface area contributed by atoms with E-state index < -0.39 is 0 Å². The Hall–Kier alpha value is -2.61. The number of hydrogen-bond donors (Lipinski definition) is 1. The van der Waals surface area contributed by atoms with Gasteiger partial charge in [-0.15, -0.1) is 0 Å². The van der Waals surface area contributed by atoms with Crippen LogP contribution in [-0.4, -0.2) is 54.9 Å². The Morgan fingerprint density at radius 3 is 2.85 bits per heavy atom. The molecule has 0 aliphatic carbocycles. The van der Waals surface area contributed by atoms with Crippen LogP contribution in [0.25, 0.3) is 0 Å². The quantitative estimate of drug-likeness (QED) is 0.532. The molecule has 1 aromatic carbocycles. The van der Waals surface area contributed by atoms with Crippen molar-refractivity contribution in [2.24, 2.45) is 4.99 Å². The number of benzene rings is 1. The van der Waals surface area contributed by atoms with E-state index >= 15 is 0 Å². The van der Waals surface area contributed by atoms with Gasteiger partial charge in [-0.3, -0.25) is 4.99 Å². The molecule has 27 heavy (non-hydrogen) atoms. The van der Waals surface area contributed by atoms with Gasteiger partial charge >= 0.3 is 0 Å². The number of ether oxygens (including phenoxy) is 2. The van der Waals surface area contributed by atoms with Crippen molar-refractivity contribution in [2.75, 3.05) is 33.9 Å². The van der Waals surface area contributed by atoms with Crippen LogP contribution in [0.3, 0.4) is 0 Å². The molecule has 8 nitrogen and oxygen atoms in total. The van der Waals surface area contributed by atoms with Crippen LogP contribution in [-0.2, 0) is 11.3 Å². The van der Waals surface area contributed by atoms with E-state index in [1.807, 2.05) is 57.0 Å². The van der Waals surface area contributed by atoms with Crippen molar-refractivity contribution in [1.29, 1.82) is 0 Å². The maximum Gasteiger partial charge on any atom is 0.246 e. The molecule has 0 bridgehead atoms. The number of aryl methyl sites for hydroxylation is 1. The minimum absolute atomic E-state index is 0.187. The van der Waals surface area contributed by atoms with Crippen LogP contribution in [0.5, 0.6) is 5.75 Å². The molecular weight excluding hydrogens is 346 g/mol.